The lowest BCUT2D eigenvalue weighted by molar-refractivity contribution is -0.139. The molecule has 0 spiro atoms. The van der Waals surface area contributed by atoms with Crippen LogP contribution in [-0.4, -0.2) is 73.2 Å². The number of carbonyl (C=O) groups is 3. The molecule has 10 nitrogen and oxygen atoms in total. The first-order valence-corrected chi connectivity index (χ1v) is 11.8. The van der Waals surface area contributed by atoms with Crippen molar-refractivity contribution in [1.82, 2.24) is 15.4 Å². The number of hydrogen-bond donors (Lipinski definition) is 1. The SMILES string of the molecule is CC(=O)CC[C@H]1CN(c2ccc(N3CCNN(C(=O)COCc4ccccc4)CC3)nc2)C(=O)O1. The predicted octanol–water partition coefficient (Wildman–Crippen LogP) is 2.15. The van der Waals surface area contributed by atoms with E-state index >= 15 is 0 Å². The van der Waals surface area contributed by atoms with Gasteiger partial charge in [-0.1, -0.05) is 30.3 Å². The molecule has 2 aliphatic rings. The largest absolute Gasteiger partial charge is 0.444 e. The molecule has 2 saturated heterocycles. The number of ketones is 1. The number of carbonyl (C=O) groups excluding carboxylic acids is 3. The highest BCUT2D eigenvalue weighted by Crippen LogP contribution is 2.24. The van der Waals surface area contributed by atoms with Gasteiger partial charge in [0.2, 0.25) is 0 Å². The molecule has 0 bridgehead atoms. The third-order valence-corrected chi connectivity index (χ3v) is 5.98. The van der Waals surface area contributed by atoms with Gasteiger partial charge in [0, 0.05) is 26.1 Å². The minimum absolute atomic E-state index is 0.00812. The number of rotatable bonds is 9. The van der Waals surface area contributed by atoms with Gasteiger partial charge in [0.15, 0.2) is 0 Å². The van der Waals surface area contributed by atoms with Crippen LogP contribution in [0.15, 0.2) is 48.7 Å². The van der Waals surface area contributed by atoms with Crippen LogP contribution in [0.4, 0.5) is 16.3 Å². The lowest BCUT2D eigenvalue weighted by Gasteiger charge is -2.23. The average molecular weight is 482 g/mol. The number of amides is 2. The smallest absolute Gasteiger partial charge is 0.414 e. The second-order valence-electron chi connectivity index (χ2n) is 8.65. The molecule has 0 unspecified atom stereocenters. The highest BCUT2D eigenvalue weighted by Gasteiger charge is 2.32. The number of pyridine rings is 1. The molecule has 0 aliphatic carbocycles. The average Bonchev–Trinajstić information content (AvgIpc) is 3.07. The van der Waals surface area contributed by atoms with E-state index < -0.39 is 6.09 Å². The van der Waals surface area contributed by atoms with Crippen LogP contribution in [0.5, 0.6) is 0 Å². The Labute approximate surface area is 204 Å². The van der Waals surface area contributed by atoms with Gasteiger partial charge in [-0.3, -0.25) is 14.7 Å². The van der Waals surface area contributed by atoms with Crippen molar-refractivity contribution in [1.29, 1.82) is 0 Å². The molecule has 2 aromatic rings. The van der Waals surface area contributed by atoms with Gasteiger partial charge in [-0.15, -0.1) is 0 Å². The third-order valence-electron chi connectivity index (χ3n) is 5.98. The highest BCUT2D eigenvalue weighted by molar-refractivity contribution is 5.89. The molecule has 2 aliphatic heterocycles. The summed E-state index contributed by atoms with van der Waals surface area (Å²) in [6.07, 6.45) is 1.86. The summed E-state index contributed by atoms with van der Waals surface area (Å²) in [4.78, 5) is 44.2. The van der Waals surface area contributed by atoms with Crippen molar-refractivity contribution in [2.24, 2.45) is 0 Å². The lowest BCUT2D eigenvalue weighted by Crippen LogP contribution is -2.45. The van der Waals surface area contributed by atoms with Crippen LogP contribution >= 0.6 is 0 Å². The lowest BCUT2D eigenvalue weighted by atomic mass is 10.1. The Morgan fingerprint density at radius 1 is 1.14 bits per heavy atom. The summed E-state index contributed by atoms with van der Waals surface area (Å²) in [6.45, 7) is 4.72. The van der Waals surface area contributed by atoms with Gasteiger partial charge in [-0.25, -0.2) is 15.2 Å². The summed E-state index contributed by atoms with van der Waals surface area (Å²) in [6, 6.07) is 13.5. The van der Waals surface area contributed by atoms with Gasteiger partial charge in [-0.05, 0) is 31.0 Å². The fraction of sp³-hybridized carbons (Fsp3) is 0.440. The maximum atomic E-state index is 12.6. The molecular weight excluding hydrogens is 450 g/mol. The molecule has 2 amide bonds. The van der Waals surface area contributed by atoms with Crippen LogP contribution in [0.3, 0.4) is 0 Å². The first-order valence-electron chi connectivity index (χ1n) is 11.8. The van der Waals surface area contributed by atoms with Gasteiger partial charge < -0.3 is 19.2 Å². The normalized spacial score (nSPS) is 18.4. The van der Waals surface area contributed by atoms with E-state index in [4.69, 9.17) is 9.47 Å². The standard InChI is InChI=1S/C25H31N5O5/c1-19(31)7-9-22-16-29(25(33)35-22)21-8-10-23(26-15-21)28-12-11-27-30(14-13-28)24(32)18-34-17-20-5-3-2-4-6-20/h2-6,8,10,15,22,27H,7,9,11-14,16-18H2,1H3/t22-/m0/s1. The third kappa shape index (κ3) is 6.77. The summed E-state index contributed by atoms with van der Waals surface area (Å²) < 4.78 is 10.9. The van der Waals surface area contributed by atoms with E-state index in [0.717, 1.165) is 11.4 Å². The van der Waals surface area contributed by atoms with Crippen molar-refractivity contribution in [2.75, 3.05) is 49.1 Å². The zero-order valence-electron chi connectivity index (χ0n) is 19.9. The Kier molecular flexibility index (Phi) is 8.27. The minimum atomic E-state index is -0.421. The first kappa shape index (κ1) is 24.6. The van der Waals surface area contributed by atoms with E-state index in [1.54, 1.807) is 16.1 Å². The zero-order chi connectivity index (χ0) is 24.6. The summed E-state index contributed by atoms with van der Waals surface area (Å²) in [5, 5.41) is 1.60. The number of aromatic nitrogens is 1. The number of ether oxygens (including phenoxy) is 2. The van der Waals surface area contributed by atoms with Crippen LogP contribution in [-0.2, 0) is 25.7 Å². The van der Waals surface area contributed by atoms with Gasteiger partial charge >= 0.3 is 6.09 Å². The summed E-state index contributed by atoms with van der Waals surface area (Å²) in [7, 11) is 0. The maximum Gasteiger partial charge on any atom is 0.414 e. The number of hydrazine groups is 1. The van der Waals surface area contributed by atoms with E-state index in [2.05, 4.69) is 15.3 Å². The topological polar surface area (TPSA) is 104 Å². The second-order valence-corrected chi connectivity index (χ2v) is 8.65. The van der Waals surface area contributed by atoms with Crippen molar-refractivity contribution in [3.63, 3.8) is 0 Å². The quantitative estimate of drug-likeness (QED) is 0.581. The number of anilines is 2. The molecule has 1 atom stereocenters. The Bertz CT molecular complexity index is 1020. The molecule has 35 heavy (non-hydrogen) atoms. The molecule has 1 aromatic heterocycles. The van der Waals surface area contributed by atoms with Crippen LogP contribution < -0.4 is 15.2 Å². The zero-order valence-corrected chi connectivity index (χ0v) is 19.9. The highest BCUT2D eigenvalue weighted by atomic mass is 16.6. The monoisotopic (exact) mass is 481 g/mol. The van der Waals surface area contributed by atoms with Crippen LogP contribution in [0, 0.1) is 0 Å². The van der Waals surface area contributed by atoms with E-state index in [1.807, 2.05) is 42.5 Å². The van der Waals surface area contributed by atoms with E-state index in [-0.39, 0.29) is 24.4 Å². The number of benzene rings is 1. The molecule has 186 valence electrons. The molecule has 4 rings (SSSR count). The number of Topliss-reactive ketones (excluding diaryl/α,β-unsaturated/α-hetero) is 1. The van der Waals surface area contributed by atoms with Crippen LogP contribution in [0.25, 0.3) is 0 Å². The molecule has 2 fully saturated rings. The molecule has 1 N–H and O–H groups in total. The summed E-state index contributed by atoms with van der Waals surface area (Å²) in [5.74, 6) is 0.737. The number of nitrogens with one attached hydrogen (secondary N) is 1. The van der Waals surface area contributed by atoms with Crippen molar-refractivity contribution in [3.8, 4) is 0 Å². The maximum absolute atomic E-state index is 12.6. The molecule has 0 saturated carbocycles. The molecule has 1 aromatic carbocycles. The molecule has 3 heterocycles. The number of hydrogen-bond acceptors (Lipinski definition) is 8. The van der Waals surface area contributed by atoms with Gasteiger partial charge in [0.05, 0.1) is 31.6 Å². The Morgan fingerprint density at radius 3 is 2.71 bits per heavy atom. The second kappa shape index (κ2) is 11.8. The van der Waals surface area contributed by atoms with Crippen LogP contribution in [0.2, 0.25) is 0 Å². The van der Waals surface area contributed by atoms with E-state index in [1.165, 1.54) is 6.92 Å². The fourth-order valence-electron chi connectivity index (χ4n) is 4.05. The van der Waals surface area contributed by atoms with Crippen molar-refractivity contribution in [3.05, 3.63) is 54.2 Å². The summed E-state index contributed by atoms with van der Waals surface area (Å²) >= 11 is 0. The predicted molar refractivity (Wildman–Crippen MR) is 130 cm³/mol. The Balaban J connectivity index is 1.26. The number of nitrogens with zero attached hydrogens (tertiary/aromatic N) is 4. The molecular formula is C25H31N5O5. The minimum Gasteiger partial charge on any atom is -0.444 e. The first-order chi connectivity index (χ1) is 17.0. The Morgan fingerprint density at radius 2 is 1.97 bits per heavy atom. The van der Waals surface area contributed by atoms with Crippen molar-refractivity contribution in [2.45, 2.75) is 32.5 Å². The van der Waals surface area contributed by atoms with Crippen LogP contribution in [0.1, 0.15) is 25.3 Å². The van der Waals surface area contributed by atoms with Gasteiger partial charge in [-0.2, -0.15) is 0 Å². The fourth-order valence-corrected chi connectivity index (χ4v) is 4.05. The van der Waals surface area contributed by atoms with Crippen molar-refractivity contribution < 1.29 is 23.9 Å². The van der Waals surface area contributed by atoms with Gasteiger partial charge in [0.25, 0.3) is 5.91 Å². The van der Waals surface area contributed by atoms with E-state index in [9.17, 15) is 14.4 Å². The molecule has 10 heteroatoms. The Hall–Kier alpha value is -3.50. The van der Waals surface area contributed by atoms with E-state index in [0.29, 0.717) is 57.9 Å². The molecule has 0 radical (unpaired) electrons. The van der Waals surface area contributed by atoms with Gasteiger partial charge in [0.1, 0.15) is 24.3 Å². The number of cyclic esters (lactones) is 1. The summed E-state index contributed by atoms with van der Waals surface area (Å²) in [5.41, 5.74) is 4.84. The van der Waals surface area contributed by atoms with Crippen molar-refractivity contribution >= 4 is 29.3 Å².